The van der Waals surface area contributed by atoms with Gasteiger partial charge in [-0.1, -0.05) is 12.7 Å². The zero-order chi connectivity index (χ0) is 5.98. The fourth-order valence-electron chi connectivity index (χ4n) is 1.03. The average Bonchev–Trinajstić information content (AvgIpc) is 1.77. The summed E-state index contributed by atoms with van der Waals surface area (Å²) in [6.07, 6.45) is 1.14. The molecule has 2 atom stereocenters. The molecule has 0 aromatic rings. The molecule has 1 nitrogen and oxygen atoms in total. The molecule has 1 heterocycles. The maximum absolute atomic E-state index is 5.74. The zero-order valence-corrected chi connectivity index (χ0v) is 5.35. The summed E-state index contributed by atoms with van der Waals surface area (Å²) in [4.78, 5) is 0. The van der Waals surface area contributed by atoms with Crippen molar-refractivity contribution < 1.29 is 0 Å². The molecule has 2 unspecified atom stereocenters. The summed E-state index contributed by atoms with van der Waals surface area (Å²) >= 11 is 0. The van der Waals surface area contributed by atoms with Crippen LogP contribution in [0.5, 0.6) is 0 Å². The molecule has 1 rings (SSSR count). The van der Waals surface area contributed by atoms with Crippen molar-refractivity contribution in [1.29, 1.82) is 0 Å². The third-order valence-electron chi connectivity index (χ3n) is 1.85. The van der Waals surface area contributed by atoms with Gasteiger partial charge in [-0.15, -0.1) is 0 Å². The van der Waals surface area contributed by atoms with Gasteiger partial charge in [-0.3, -0.25) is 0 Å². The number of piperidine rings is 1. The molecule has 1 N–H and O–H groups in total. The lowest BCUT2D eigenvalue weighted by Crippen LogP contribution is -2.32. The van der Waals surface area contributed by atoms with Gasteiger partial charge in [0, 0.05) is 0 Å². The van der Waals surface area contributed by atoms with Gasteiger partial charge in [-0.05, 0) is 25.4 Å². The van der Waals surface area contributed by atoms with E-state index in [1.807, 2.05) is 0 Å². The first kappa shape index (κ1) is 6.15. The maximum Gasteiger partial charge on any atom is 0.0704 e. The fourth-order valence-corrected chi connectivity index (χ4v) is 1.03. The SMILES string of the molecule is [B]C1CCNCC1C. The molecule has 8 heavy (non-hydrogen) atoms. The number of hydrogen-bond acceptors (Lipinski definition) is 1. The summed E-state index contributed by atoms with van der Waals surface area (Å²) in [5.74, 6) is 1.11. The van der Waals surface area contributed by atoms with Gasteiger partial charge in [0.05, 0.1) is 7.85 Å². The van der Waals surface area contributed by atoms with Crippen LogP contribution in [0.25, 0.3) is 0 Å². The maximum atomic E-state index is 5.74. The molecule has 0 aromatic heterocycles. The van der Waals surface area contributed by atoms with Crippen molar-refractivity contribution in [3.05, 3.63) is 0 Å². The highest BCUT2D eigenvalue weighted by atomic mass is 14.9. The minimum Gasteiger partial charge on any atom is -0.317 e. The Morgan fingerprint density at radius 1 is 1.62 bits per heavy atom. The van der Waals surface area contributed by atoms with Crippen LogP contribution in [0.2, 0.25) is 5.82 Å². The van der Waals surface area contributed by atoms with E-state index >= 15 is 0 Å². The summed E-state index contributed by atoms with van der Waals surface area (Å²) in [6, 6.07) is 0. The van der Waals surface area contributed by atoms with Crippen LogP contribution in [0, 0.1) is 5.92 Å². The van der Waals surface area contributed by atoms with Gasteiger partial charge in [0.15, 0.2) is 0 Å². The van der Waals surface area contributed by atoms with E-state index in [2.05, 4.69) is 12.2 Å². The molecule has 2 radical (unpaired) electrons. The molecule has 2 heteroatoms. The fraction of sp³-hybridized carbons (Fsp3) is 1.00. The first-order chi connectivity index (χ1) is 3.80. The summed E-state index contributed by atoms with van der Waals surface area (Å²) in [7, 11) is 5.74. The van der Waals surface area contributed by atoms with Crippen molar-refractivity contribution in [2.45, 2.75) is 19.2 Å². The standard InChI is InChI=1S/C6H12BN/c1-5-4-8-3-2-6(5)7/h5-6,8H,2-4H2,1H3. The summed E-state index contributed by atoms with van der Waals surface area (Å²) in [5.41, 5.74) is 0. The van der Waals surface area contributed by atoms with Crippen LogP contribution >= 0.6 is 0 Å². The van der Waals surface area contributed by atoms with E-state index in [4.69, 9.17) is 7.85 Å². The Morgan fingerprint density at radius 3 is 2.75 bits per heavy atom. The Balaban J connectivity index is 2.28. The van der Waals surface area contributed by atoms with Gasteiger partial charge in [-0.2, -0.15) is 0 Å². The molecule has 0 bridgehead atoms. The highest BCUT2D eigenvalue weighted by Gasteiger charge is 2.14. The van der Waals surface area contributed by atoms with E-state index in [0.29, 0.717) is 11.7 Å². The lowest BCUT2D eigenvalue weighted by molar-refractivity contribution is 0.405. The molecule has 0 amide bonds. The molecule has 0 spiro atoms. The van der Waals surface area contributed by atoms with Crippen molar-refractivity contribution in [1.82, 2.24) is 5.32 Å². The second kappa shape index (κ2) is 2.54. The van der Waals surface area contributed by atoms with Gasteiger partial charge in [0.1, 0.15) is 0 Å². The van der Waals surface area contributed by atoms with Crippen molar-refractivity contribution in [3.8, 4) is 0 Å². The van der Waals surface area contributed by atoms with Crippen LogP contribution in [-0.2, 0) is 0 Å². The van der Waals surface area contributed by atoms with E-state index in [1.165, 1.54) is 0 Å². The predicted octanol–water partition coefficient (Wildman–Crippen LogP) is 0.573. The molecule has 0 aliphatic carbocycles. The van der Waals surface area contributed by atoms with Gasteiger partial charge >= 0.3 is 0 Å². The minimum absolute atomic E-state index is 0.441. The third kappa shape index (κ3) is 1.25. The quantitative estimate of drug-likeness (QED) is 0.448. The largest absolute Gasteiger partial charge is 0.317 e. The van der Waals surface area contributed by atoms with Crippen LogP contribution in [0.3, 0.4) is 0 Å². The van der Waals surface area contributed by atoms with Gasteiger partial charge < -0.3 is 5.32 Å². The highest BCUT2D eigenvalue weighted by Crippen LogP contribution is 2.19. The Morgan fingerprint density at radius 2 is 2.38 bits per heavy atom. The number of nitrogens with one attached hydrogen (secondary N) is 1. The smallest absolute Gasteiger partial charge is 0.0704 e. The lowest BCUT2D eigenvalue weighted by Gasteiger charge is -2.26. The molecular formula is C6H12BN. The molecule has 0 aromatic carbocycles. The first-order valence-electron chi connectivity index (χ1n) is 3.27. The third-order valence-corrected chi connectivity index (χ3v) is 1.85. The minimum atomic E-state index is 0.441. The van der Waals surface area contributed by atoms with Crippen LogP contribution in [-0.4, -0.2) is 20.9 Å². The molecule has 1 saturated heterocycles. The van der Waals surface area contributed by atoms with Gasteiger partial charge in [0.2, 0.25) is 0 Å². The van der Waals surface area contributed by atoms with Crippen molar-refractivity contribution >= 4 is 7.85 Å². The van der Waals surface area contributed by atoms with Crippen LogP contribution in [0.15, 0.2) is 0 Å². The average molecular weight is 109 g/mol. The van der Waals surface area contributed by atoms with Crippen molar-refractivity contribution in [2.24, 2.45) is 5.92 Å². The Hall–Kier alpha value is 0.0249. The molecule has 44 valence electrons. The van der Waals surface area contributed by atoms with Crippen LogP contribution < -0.4 is 5.32 Å². The highest BCUT2D eigenvalue weighted by molar-refractivity contribution is 6.11. The first-order valence-corrected chi connectivity index (χ1v) is 3.27. The van der Waals surface area contributed by atoms with Crippen LogP contribution in [0.4, 0.5) is 0 Å². The topological polar surface area (TPSA) is 12.0 Å². The van der Waals surface area contributed by atoms with E-state index in [-0.39, 0.29) is 0 Å². The molecule has 1 fully saturated rings. The molecular weight excluding hydrogens is 96.9 g/mol. The Kier molecular flexibility index (Phi) is 1.95. The summed E-state index contributed by atoms with van der Waals surface area (Å²) in [6.45, 7) is 4.39. The van der Waals surface area contributed by atoms with E-state index in [1.54, 1.807) is 0 Å². The Bertz CT molecular complexity index is 64.9. The zero-order valence-electron chi connectivity index (χ0n) is 5.35. The second-order valence-electron chi connectivity index (χ2n) is 2.63. The number of hydrogen-bond donors (Lipinski definition) is 1. The molecule has 1 aliphatic heterocycles. The van der Waals surface area contributed by atoms with Crippen LogP contribution in [0.1, 0.15) is 13.3 Å². The van der Waals surface area contributed by atoms with Gasteiger partial charge in [-0.25, -0.2) is 0 Å². The van der Waals surface area contributed by atoms with Crippen molar-refractivity contribution in [3.63, 3.8) is 0 Å². The number of rotatable bonds is 0. The van der Waals surface area contributed by atoms with Crippen molar-refractivity contribution in [2.75, 3.05) is 13.1 Å². The van der Waals surface area contributed by atoms with E-state index in [9.17, 15) is 0 Å². The van der Waals surface area contributed by atoms with Gasteiger partial charge in [0.25, 0.3) is 0 Å². The summed E-state index contributed by atoms with van der Waals surface area (Å²) in [5, 5.41) is 3.28. The summed E-state index contributed by atoms with van der Waals surface area (Å²) < 4.78 is 0. The Labute approximate surface area is 52.3 Å². The lowest BCUT2D eigenvalue weighted by atomic mass is 9.73. The normalized spacial score (nSPS) is 39.6. The second-order valence-corrected chi connectivity index (χ2v) is 2.63. The molecule has 1 aliphatic rings. The predicted molar refractivity (Wildman–Crippen MR) is 36.2 cm³/mol. The monoisotopic (exact) mass is 109 g/mol. The van der Waals surface area contributed by atoms with E-state index < -0.39 is 0 Å². The molecule has 0 saturated carbocycles. The van der Waals surface area contributed by atoms with E-state index in [0.717, 1.165) is 19.5 Å².